The van der Waals surface area contributed by atoms with E-state index in [1.54, 1.807) is 24.3 Å². The largest absolute Gasteiger partial charge is 0.508 e. The van der Waals surface area contributed by atoms with Crippen LogP contribution in [0.2, 0.25) is 0 Å². The molecule has 0 radical (unpaired) electrons. The lowest BCUT2D eigenvalue weighted by Crippen LogP contribution is -2.47. The van der Waals surface area contributed by atoms with E-state index in [0.29, 0.717) is 6.54 Å². The molecule has 1 saturated carbocycles. The second-order valence-corrected chi connectivity index (χ2v) is 6.16. The van der Waals surface area contributed by atoms with Crippen LogP contribution in [-0.2, 0) is 0 Å². The first-order valence-electron chi connectivity index (χ1n) is 8.08. The molecule has 122 valence electrons. The number of carbonyl (C=O) groups is 1. The summed E-state index contributed by atoms with van der Waals surface area (Å²) in [6, 6.07) is 6.46. The number of rotatable bonds is 5. The Labute approximate surface area is 131 Å². The summed E-state index contributed by atoms with van der Waals surface area (Å²) < 4.78 is 0. The molecule has 4 N–H and O–H groups in total. The van der Waals surface area contributed by atoms with Crippen molar-refractivity contribution in [2.75, 3.05) is 6.54 Å². The molecule has 0 unspecified atom stereocenters. The van der Waals surface area contributed by atoms with E-state index >= 15 is 0 Å². The van der Waals surface area contributed by atoms with Crippen LogP contribution in [0.5, 0.6) is 5.75 Å². The van der Waals surface area contributed by atoms with E-state index in [1.165, 1.54) is 0 Å². The van der Waals surface area contributed by atoms with Gasteiger partial charge in [0.2, 0.25) is 0 Å². The maximum absolute atomic E-state index is 12.1. The van der Waals surface area contributed by atoms with Gasteiger partial charge in [0, 0.05) is 6.54 Å². The van der Waals surface area contributed by atoms with Crippen LogP contribution in [0, 0.1) is 0 Å². The van der Waals surface area contributed by atoms with E-state index in [2.05, 4.69) is 10.6 Å². The number of hydrogen-bond donors (Lipinski definition) is 4. The maximum Gasteiger partial charge on any atom is 0.315 e. The molecule has 0 spiro atoms. The number of aromatic hydroxyl groups is 1. The molecule has 1 aromatic rings. The maximum atomic E-state index is 12.1. The first-order chi connectivity index (χ1) is 10.5. The number of nitrogens with one attached hydrogen (secondary N) is 2. The van der Waals surface area contributed by atoms with Gasteiger partial charge in [-0.3, -0.25) is 0 Å². The summed E-state index contributed by atoms with van der Waals surface area (Å²) in [7, 11) is 0. The Bertz CT molecular complexity index is 481. The highest BCUT2D eigenvalue weighted by molar-refractivity contribution is 5.74. The number of amides is 2. The van der Waals surface area contributed by atoms with E-state index in [1.807, 2.05) is 6.92 Å². The summed E-state index contributed by atoms with van der Waals surface area (Å²) in [5.74, 6) is 0.211. The number of urea groups is 1. The molecule has 0 aromatic heterocycles. The summed E-state index contributed by atoms with van der Waals surface area (Å²) in [6.45, 7) is 2.29. The molecule has 0 bridgehead atoms. The van der Waals surface area contributed by atoms with Crippen LogP contribution in [0.25, 0.3) is 0 Å². The van der Waals surface area contributed by atoms with Crippen molar-refractivity contribution in [1.82, 2.24) is 10.6 Å². The average Bonchev–Trinajstić information content (AvgIpc) is 2.52. The fraction of sp³-hybridized carbons (Fsp3) is 0.588. The molecule has 22 heavy (non-hydrogen) atoms. The van der Waals surface area contributed by atoms with Crippen molar-refractivity contribution >= 4 is 6.03 Å². The van der Waals surface area contributed by atoms with Crippen LogP contribution in [0.1, 0.15) is 57.1 Å². The predicted molar refractivity (Wildman–Crippen MR) is 85.7 cm³/mol. The third-order valence-corrected chi connectivity index (χ3v) is 4.37. The van der Waals surface area contributed by atoms with Crippen LogP contribution in [-0.4, -0.2) is 28.4 Å². The molecule has 0 heterocycles. The molecule has 0 aliphatic heterocycles. The fourth-order valence-corrected chi connectivity index (χ4v) is 2.97. The SMILES string of the molecule is CC[C@H](NC(=O)NCC1(O)CCCCC1)c1ccc(O)cc1. The predicted octanol–water partition coefficient (Wildman–Crippen LogP) is 2.84. The number of aliphatic hydroxyl groups is 1. The van der Waals surface area contributed by atoms with Crippen LogP contribution in [0.3, 0.4) is 0 Å². The van der Waals surface area contributed by atoms with Gasteiger partial charge in [-0.1, -0.05) is 38.3 Å². The zero-order chi connectivity index (χ0) is 16.0. The van der Waals surface area contributed by atoms with Crippen molar-refractivity contribution in [3.63, 3.8) is 0 Å². The second-order valence-electron chi connectivity index (χ2n) is 6.16. The number of hydrogen-bond acceptors (Lipinski definition) is 3. The van der Waals surface area contributed by atoms with Crippen molar-refractivity contribution < 1.29 is 15.0 Å². The molecule has 1 aromatic carbocycles. The number of phenolic OH excluding ortho intramolecular Hbond substituents is 1. The zero-order valence-corrected chi connectivity index (χ0v) is 13.1. The standard InChI is InChI=1S/C17H26N2O3/c1-2-15(13-6-8-14(20)9-7-13)19-16(21)18-12-17(22)10-4-3-5-11-17/h6-9,15,20,22H,2-5,10-12H2,1H3,(H2,18,19,21)/t15-/m0/s1. The van der Waals surface area contributed by atoms with Crippen molar-refractivity contribution in [1.29, 1.82) is 0 Å². The quantitative estimate of drug-likeness (QED) is 0.675. The Morgan fingerprint density at radius 2 is 1.86 bits per heavy atom. The molecule has 2 amide bonds. The lowest BCUT2D eigenvalue weighted by molar-refractivity contribution is 0.00712. The summed E-state index contributed by atoms with van der Waals surface area (Å²) >= 11 is 0. The normalized spacial score (nSPS) is 18.5. The first kappa shape index (κ1) is 16.6. The Morgan fingerprint density at radius 1 is 1.23 bits per heavy atom. The highest BCUT2D eigenvalue weighted by atomic mass is 16.3. The van der Waals surface area contributed by atoms with E-state index < -0.39 is 5.60 Å². The molecule has 5 heteroatoms. The topological polar surface area (TPSA) is 81.6 Å². The van der Waals surface area contributed by atoms with Gasteiger partial charge < -0.3 is 20.8 Å². The molecule has 2 rings (SSSR count). The third kappa shape index (κ3) is 4.63. The monoisotopic (exact) mass is 306 g/mol. The van der Waals surface area contributed by atoms with Crippen LogP contribution >= 0.6 is 0 Å². The van der Waals surface area contributed by atoms with E-state index in [0.717, 1.165) is 44.1 Å². The lowest BCUT2D eigenvalue weighted by Gasteiger charge is -2.32. The molecule has 1 atom stereocenters. The minimum absolute atomic E-state index is 0.110. The van der Waals surface area contributed by atoms with Gasteiger partial charge >= 0.3 is 6.03 Å². The van der Waals surface area contributed by atoms with Gasteiger partial charge in [0.25, 0.3) is 0 Å². The highest BCUT2D eigenvalue weighted by Gasteiger charge is 2.29. The van der Waals surface area contributed by atoms with Crippen molar-refractivity contribution in [2.24, 2.45) is 0 Å². The average molecular weight is 306 g/mol. The van der Waals surface area contributed by atoms with Crippen molar-refractivity contribution in [3.8, 4) is 5.75 Å². The second kappa shape index (κ2) is 7.49. The van der Waals surface area contributed by atoms with Gasteiger partial charge in [-0.05, 0) is 37.0 Å². The Balaban J connectivity index is 1.85. The minimum Gasteiger partial charge on any atom is -0.508 e. The van der Waals surface area contributed by atoms with Crippen LogP contribution in [0.15, 0.2) is 24.3 Å². The van der Waals surface area contributed by atoms with Gasteiger partial charge in [-0.25, -0.2) is 4.79 Å². The summed E-state index contributed by atoms with van der Waals surface area (Å²) in [6.07, 6.45) is 5.45. The Morgan fingerprint density at radius 3 is 2.45 bits per heavy atom. The number of phenols is 1. The van der Waals surface area contributed by atoms with Gasteiger partial charge in [0.1, 0.15) is 5.75 Å². The minimum atomic E-state index is -0.754. The fourth-order valence-electron chi connectivity index (χ4n) is 2.97. The molecule has 0 saturated heterocycles. The molecular formula is C17H26N2O3. The summed E-state index contributed by atoms with van der Waals surface area (Å²) in [5, 5.41) is 25.4. The van der Waals surface area contributed by atoms with Gasteiger partial charge in [-0.15, -0.1) is 0 Å². The molecule has 1 aliphatic carbocycles. The summed E-state index contributed by atoms with van der Waals surface area (Å²) in [5.41, 5.74) is 0.197. The Kier molecular flexibility index (Phi) is 5.66. The molecule has 1 aliphatic rings. The van der Waals surface area contributed by atoms with Crippen molar-refractivity contribution in [2.45, 2.75) is 57.1 Å². The first-order valence-corrected chi connectivity index (χ1v) is 8.08. The smallest absolute Gasteiger partial charge is 0.315 e. The lowest BCUT2D eigenvalue weighted by atomic mass is 9.85. The van der Waals surface area contributed by atoms with Crippen LogP contribution in [0.4, 0.5) is 4.79 Å². The van der Waals surface area contributed by atoms with E-state index in [4.69, 9.17) is 0 Å². The van der Waals surface area contributed by atoms with Crippen LogP contribution < -0.4 is 10.6 Å². The third-order valence-electron chi connectivity index (χ3n) is 4.37. The van der Waals surface area contributed by atoms with Gasteiger partial charge in [-0.2, -0.15) is 0 Å². The van der Waals surface area contributed by atoms with Gasteiger partial charge in [0.05, 0.1) is 11.6 Å². The summed E-state index contributed by atoms with van der Waals surface area (Å²) in [4.78, 5) is 12.1. The molecule has 1 fully saturated rings. The molecule has 5 nitrogen and oxygen atoms in total. The van der Waals surface area contributed by atoms with E-state index in [9.17, 15) is 15.0 Å². The zero-order valence-electron chi connectivity index (χ0n) is 13.1. The number of benzene rings is 1. The number of carbonyl (C=O) groups excluding carboxylic acids is 1. The van der Waals surface area contributed by atoms with Crippen molar-refractivity contribution in [3.05, 3.63) is 29.8 Å². The molecular weight excluding hydrogens is 280 g/mol. The van der Waals surface area contributed by atoms with E-state index in [-0.39, 0.29) is 17.8 Å². The van der Waals surface area contributed by atoms with Gasteiger partial charge in [0.15, 0.2) is 0 Å². The highest BCUT2D eigenvalue weighted by Crippen LogP contribution is 2.27. The Hall–Kier alpha value is -1.75.